The largest absolute Gasteiger partial charge is 0.469 e. The molecule has 0 spiro atoms. The molecule has 2 aliphatic rings. The van der Waals surface area contributed by atoms with Crippen LogP contribution < -0.4 is 0 Å². The quantitative estimate of drug-likeness (QED) is 0.391. The summed E-state index contributed by atoms with van der Waals surface area (Å²) in [6, 6.07) is 7.59. The van der Waals surface area contributed by atoms with Crippen molar-refractivity contribution in [3.63, 3.8) is 0 Å². The van der Waals surface area contributed by atoms with E-state index in [0.717, 1.165) is 29.7 Å². The fourth-order valence-corrected chi connectivity index (χ4v) is 4.02. The van der Waals surface area contributed by atoms with Crippen molar-refractivity contribution in [3.8, 4) is 0 Å². The maximum absolute atomic E-state index is 13.4. The average molecular weight is 391 g/mol. The van der Waals surface area contributed by atoms with Crippen LogP contribution in [0.3, 0.4) is 0 Å². The Morgan fingerprint density at radius 1 is 1.03 bits per heavy atom. The average Bonchev–Trinajstić information content (AvgIpc) is 2.72. The highest BCUT2D eigenvalue weighted by Gasteiger charge is 2.48. The lowest BCUT2D eigenvalue weighted by Crippen LogP contribution is -2.45. The van der Waals surface area contributed by atoms with Gasteiger partial charge in [0.15, 0.2) is 11.6 Å². The Kier molecular flexibility index (Phi) is 6.68. The molecule has 3 heteroatoms. The van der Waals surface area contributed by atoms with Gasteiger partial charge in [-0.25, -0.2) is 0 Å². The van der Waals surface area contributed by atoms with Crippen molar-refractivity contribution in [1.82, 2.24) is 0 Å². The van der Waals surface area contributed by atoms with Gasteiger partial charge in [-0.15, -0.1) is 0 Å². The van der Waals surface area contributed by atoms with Gasteiger partial charge in [0.25, 0.3) is 0 Å². The van der Waals surface area contributed by atoms with Crippen LogP contribution in [-0.2, 0) is 19.7 Å². The Morgan fingerprint density at radius 2 is 1.79 bits per heavy atom. The first-order valence-corrected chi connectivity index (χ1v) is 10.6. The van der Waals surface area contributed by atoms with Crippen molar-refractivity contribution < 1.29 is 14.3 Å². The van der Waals surface area contributed by atoms with E-state index in [9.17, 15) is 9.59 Å². The van der Waals surface area contributed by atoms with Gasteiger partial charge >= 0.3 is 0 Å². The summed E-state index contributed by atoms with van der Waals surface area (Å²) in [5.74, 6) is 0.456. The fraction of sp³-hybridized carbons (Fsp3) is 0.385. The lowest BCUT2D eigenvalue weighted by Gasteiger charge is -2.33. The first-order chi connectivity index (χ1) is 14.0. The molecule has 3 rings (SSSR count). The molecule has 1 aromatic rings. The number of fused-ring (bicyclic) bond motifs is 1. The van der Waals surface area contributed by atoms with Crippen LogP contribution in [0.4, 0.5) is 0 Å². The van der Waals surface area contributed by atoms with Gasteiger partial charge in [-0.1, -0.05) is 69.0 Å². The van der Waals surface area contributed by atoms with Crippen molar-refractivity contribution in [3.05, 3.63) is 76.8 Å². The number of Topliss-reactive ketones (excluding diaryl/α,β-unsaturated/α-hetero) is 1. The van der Waals surface area contributed by atoms with E-state index in [2.05, 4.69) is 6.92 Å². The number of carbonyl (C=O) groups excluding carboxylic acids is 2. The lowest BCUT2D eigenvalue weighted by atomic mass is 9.66. The number of ether oxygens (including phenoxy) is 1. The number of carbonyl (C=O) groups is 2. The molecule has 0 radical (unpaired) electrons. The number of unbranched alkanes of at least 4 members (excludes halogenated alkanes) is 4. The molecule has 1 aliphatic heterocycles. The Hall–Kier alpha value is -2.68. The Labute approximate surface area is 173 Å². The van der Waals surface area contributed by atoms with Gasteiger partial charge in [0.2, 0.25) is 0 Å². The summed E-state index contributed by atoms with van der Waals surface area (Å²) in [7, 11) is 0. The molecule has 0 saturated carbocycles. The minimum absolute atomic E-state index is 0.174. The van der Waals surface area contributed by atoms with Crippen LogP contribution in [0.15, 0.2) is 65.7 Å². The third-order valence-corrected chi connectivity index (χ3v) is 5.81. The van der Waals surface area contributed by atoms with Gasteiger partial charge in [-0.3, -0.25) is 9.59 Å². The van der Waals surface area contributed by atoms with E-state index >= 15 is 0 Å². The molecule has 1 unspecified atom stereocenters. The third-order valence-electron chi connectivity index (χ3n) is 5.81. The maximum atomic E-state index is 13.4. The van der Waals surface area contributed by atoms with E-state index in [1.807, 2.05) is 49.4 Å². The second-order valence-corrected chi connectivity index (χ2v) is 7.93. The minimum atomic E-state index is -1.24. The van der Waals surface area contributed by atoms with Crippen LogP contribution in [0.1, 0.15) is 70.4 Å². The summed E-state index contributed by atoms with van der Waals surface area (Å²) in [4.78, 5) is 26.6. The predicted molar refractivity (Wildman–Crippen MR) is 117 cm³/mol. The summed E-state index contributed by atoms with van der Waals surface area (Å²) in [5.41, 5.74) is 1.54. The van der Waals surface area contributed by atoms with Crippen LogP contribution in [0.25, 0.3) is 6.08 Å². The molecular weight excluding hydrogens is 360 g/mol. The van der Waals surface area contributed by atoms with E-state index in [4.69, 9.17) is 4.74 Å². The van der Waals surface area contributed by atoms with E-state index in [1.54, 1.807) is 19.3 Å². The fourth-order valence-electron chi connectivity index (χ4n) is 4.02. The van der Waals surface area contributed by atoms with E-state index < -0.39 is 5.41 Å². The first kappa shape index (κ1) is 21.0. The molecular formula is C26H30O3. The molecule has 0 saturated heterocycles. The van der Waals surface area contributed by atoms with E-state index in [0.29, 0.717) is 11.1 Å². The zero-order valence-corrected chi connectivity index (χ0v) is 17.7. The van der Waals surface area contributed by atoms with Crippen LogP contribution in [0.5, 0.6) is 0 Å². The van der Waals surface area contributed by atoms with E-state index in [1.165, 1.54) is 25.7 Å². The van der Waals surface area contributed by atoms with Crippen LogP contribution >= 0.6 is 0 Å². The van der Waals surface area contributed by atoms with E-state index in [-0.39, 0.29) is 11.6 Å². The first-order valence-electron chi connectivity index (χ1n) is 10.6. The summed E-state index contributed by atoms with van der Waals surface area (Å²) < 4.78 is 5.78. The zero-order chi connectivity index (χ0) is 20.9. The standard InChI is InChI=1S/C26H30O3/c1-4-6-7-8-9-14-21-16-20-17-24(27)26(3,25(28)22(20)18-29-21)23-15-11-10-13-19(23)12-5-2/h5,10-13,15-18H,4,6-9,14H2,1-3H3/b12-5+. The van der Waals surface area contributed by atoms with Gasteiger partial charge in [0.1, 0.15) is 17.4 Å². The number of hydrogen-bond donors (Lipinski definition) is 0. The maximum Gasteiger partial charge on any atom is 0.184 e. The molecule has 0 fully saturated rings. The number of ketones is 2. The van der Waals surface area contributed by atoms with Gasteiger partial charge in [-0.2, -0.15) is 0 Å². The number of hydrogen-bond acceptors (Lipinski definition) is 3. The zero-order valence-electron chi connectivity index (χ0n) is 17.7. The molecule has 1 aromatic carbocycles. The number of benzene rings is 1. The van der Waals surface area contributed by atoms with Crippen LogP contribution in [0, 0.1) is 0 Å². The molecule has 0 aromatic heterocycles. The highest BCUT2D eigenvalue weighted by molar-refractivity contribution is 6.27. The Balaban J connectivity index is 1.86. The normalized spacial score (nSPS) is 21.4. The molecule has 152 valence electrons. The molecule has 29 heavy (non-hydrogen) atoms. The Bertz CT molecular complexity index is 914. The molecule has 1 atom stereocenters. The molecule has 1 heterocycles. The monoisotopic (exact) mass is 390 g/mol. The molecule has 0 amide bonds. The second kappa shape index (κ2) is 9.21. The summed E-state index contributed by atoms with van der Waals surface area (Å²) in [5, 5.41) is 0. The van der Waals surface area contributed by atoms with Gasteiger partial charge < -0.3 is 4.74 Å². The topological polar surface area (TPSA) is 43.4 Å². The van der Waals surface area contributed by atoms with Crippen molar-refractivity contribution >= 4 is 17.6 Å². The molecule has 0 N–H and O–H groups in total. The van der Waals surface area contributed by atoms with Crippen molar-refractivity contribution in [2.75, 3.05) is 0 Å². The van der Waals surface area contributed by atoms with Crippen molar-refractivity contribution in [2.45, 2.75) is 64.7 Å². The SMILES string of the molecule is C/C=C/c1ccccc1C1(C)C(=O)C=C2C=C(CCCCCCC)OC=C2C1=O. The highest BCUT2D eigenvalue weighted by Crippen LogP contribution is 2.40. The van der Waals surface area contributed by atoms with Gasteiger partial charge in [0.05, 0.1) is 5.57 Å². The van der Waals surface area contributed by atoms with Crippen molar-refractivity contribution in [1.29, 1.82) is 0 Å². The summed E-state index contributed by atoms with van der Waals surface area (Å²) in [6.07, 6.45) is 15.6. The highest BCUT2D eigenvalue weighted by atomic mass is 16.5. The van der Waals surface area contributed by atoms with Crippen LogP contribution in [-0.4, -0.2) is 11.6 Å². The van der Waals surface area contributed by atoms with Crippen molar-refractivity contribution in [2.24, 2.45) is 0 Å². The predicted octanol–water partition coefficient (Wildman–Crippen LogP) is 6.21. The third kappa shape index (κ3) is 4.19. The smallest absolute Gasteiger partial charge is 0.184 e. The number of rotatable bonds is 8. The van der Waals surface area contributed by atoms with Crippen LogP contribution in [0.2, 0.25) is 0 Å². The van der Waals surface area contributed by atoms with Gasteiger partial charge in [0, 0.05) is 6.42 Å². The molecule has 1 aliphatic carbocycles. The summed E-state index contributed by atoms with van der Waals surface area (Å²) >= 11 is 0. The Morgan fingerprint density at radius 3 is 2.55 bits per heavy atom. The summed E-state index contributed by atoms with van der Waals surface area (Å²) in [6.45, 7) is 5.85. The minimum Gasteiger partial charge on any atom is -0.469 e. The number of allylic oxidation sites excluding steroid dienone is 6. The lowest BCUT2D eigenvalue weighted by molar-refractivity contribution is -0.130. The second-order valence-electron chi connectivity index (χ2n) is 7.93. The van der Waals surface area contributed by atoms with Gasteiger partial charge in [-0.05, 0) is 49.1 Å². The molecule has 3 nitrogen and oxygen atoms in total. The molecule has 0 bridgehead atoms.